The third-order valence-electron chi connectivity index (χ3n) is 3.25. The molecule has 0 aliphatic carbocycles. The second kappa shape index (κ2) is 5.08. The second-order valence-corrected chi connectivity index (χ2v) is 4.36. The van der Waals surface area contributed by atoms with E-state index >= 15 is 0 Å². The van der Waals surface area contributed by atoms with E-state index in [9.17, 15) is 9.59 Å². The topological polar surface area (TPSA) is 75.4 Å². The van der Waals surface area contributed by atoms with Gasteiger partial charge in [-0.2, -0.15) is 0 Å². The van der Waals surface area contributed by atoms with Gasteiger partial charge in [0.05, 0.1) is 5.56 Å². The Morgan fingerprint density at radius 3 is 2.78 bits per heavy atom. The summed E-state index contributed by atoms with van der Waals surface area (Å²) in [6.07, 6.45) is 1.55. The summed E-state index contributed by atoms with van der Waals surface area (Å²) in [6, 6.07) is 6.57. The van der Waals surface area contributed by atoms with Gasteiger partial charge in [-0.15, -0.1) is 0 Å². The molecule has 1 aromatic carbocycles. The zero-order chi connectivity index (χ0) is 13.1. The van der Waals surface area contributed by atoms with Crippen molar-refractivity contribution in [3.8, 4) is 0 Å². The number of rotatable bonds is 2. The van der Waals surface area contributed by atoms with Gasteiger partial charge in [-0.1, -0.05) is 12.1 Å². The number of nitrogen functional groups attached to an aromatic ring is 1. The summed E-state index contributed by atoms with van der Waals surface area (Å²) >= 11 is 0. The van der Waals surface area contributed by atoms with Gasteiger partial charge in [0.1, 0.15) is 6.04 Å². The standard InChI is InChI=1S/C13H17N3O2/c1-15-12(17)11-7-4-8-16(11)13(18)9-5-2-3-6-10(9)14/h2-3,5-6,11H,4,7-8,14H2,1H3,(H,15,17). The molecule has 1 aromatic rings. The lowest BCUT2D eigenvalue weighted by Gasteiger charge is -2.23. The number of nitrogens with one attached hydrogen (secondary N) is 1. The number of likely N-dealkylation sites (tertiary alicyclic amines) is 1. The third-order valence-corrected chi connectivity index (χ3v) is 3.25. The summed E-state index contributed by atoms with van der Waals surface area (Å²) in [7, 11) is 1.58. The first-order chi connectivity index (χ1) is 8.65. The Morgan fingerprint density at radius 2 is 2.11 bits per heavy atom. The predicted octanol–water partition coefficient (Wildman–Crippen LogP) is 0.619. The maximum Gasteiger partial charge on any atom is 0.256 e. The van der Waals surface area contributed by atoms with Gasteiger partial charge in [-0.05, 0) is 25.0 Å². The van der Waals surface area contributed by atoms with Crippen molar-refractivity contribution in [2.24, 2.45) is 0 Å². The summed E-state index contributed by atoms with van der Waals surface area (Å²) in [5.41, 5.74) is 6.71. The SMILES string of the molecule is CNC(=O)C1CCCN1C(=O)c1ccccc1N. The molecule has 2 amide bonds. The van der Waals surface area contributed by atoms with Gasteiger partial charge in [-0.3, -0.25) is 9.59 Å². The summed E-state index contributed by atoms with van der Waals surface area (Å²) in [6.45, 7) is 0.602. The van der Waals surface area contributed by atoms with Crippen molar-refractivity contribution in [3.05, 3.63) is 29.8 Å². The summed E-state index contributed by atoms with van der Waals surface area (Å²) in [5, 5.41) is 2.59. The highest BCUT2D eigenvalue weighted by Crippen LogP contribution is 2.22. The number of carbonyl (C=O) groups is 2. The van der Waals surface area contributed by atoms with E-state index in [1.807, 2.05) is 0 Å². The number of hydrogen-bond donors (Lipinski definition) is 2. The van der Waals surface area contributed by atoms with Crippen molar-refractivity contribution in [3.63, 3.8) is 0 Å². The van der Waals surface area contributed by atoms with Crippen molar-refractivity contribution >= 4 is 17.5 Å². The molecule has 2 rings (SSSR count). The van der Waals surface area contributed by atoms with Gasteiger partial charge < -0.3 is 16.0 Å². The van der Waals surface area contributed by atoms with Crippen LogP contribution in [0.3, 0.4) is 0 Å². The molecule has 0 spiro atoms. The fraction of sp³-hybridized carbons (Fsp3) is 0.385. The smallest absolute Gasteiger partial charge is 0.256 e. The first-order valence-electron chi connectivity index (χ1n) is 6.02. The molecule has 1 aliphatic rings. The Bertz CT molecular complexity index is 473. The van der Waals surface area contributed by atoms with Crippen LogP contribution < -0.4 is 11.1 Å². The van der Waals surface area contributed by atoms with Crippen molar-refractivity contribution in [1.29, 1.82) is 0 Å². The van der Waals surface area contributed by atoms with Crippen LogP contribution in [0.25, 0.3) is 0 Å². The number of amides is 2. The Hall–Kier alpha value is -2.04. The molecule has 1 fully saturated rings. The van der Waals surface area contributed by atoms with Crippen molar-refractivity contribution in [2.75, 3.05) is 19.3 Å². The zero-order valence-electron chi connectivity index (χ0n) is 10.3. The fourth-order valence-electron chi connectivity index (χ4n) is 2.30. The number of benzene rings is 1. The lowest BCUT2D eigenvalue weighted by atomic mass is 10.1. The minimum atomic E-state index is -0.373. The highest BCUT2D eigenvalue weighted by Gasteiger charge is 2.34. The molecule has 18 heavy (non-hydrogen) atoms. The van der Waals surface area contributed by atoms with E-state index in [1.54, 1.807) is 36.2 Å². The summed E-state index contributed by atoms with van der Waals surface area (Å²) in [4.78, 5) is 25.7. The minimum absolute atomic E-state index is 0.115. The second-order valence-electron chi connectivity index (χ2n) is 4.36. The van der Waals surface area contributed by atoms with Gasteiger partial charge in [0, 0.05) is 19.3 Å². The molecule has 3 N–H and O–H groups in total. The van der Waals surface area contributed by atoms with Crippen LogP contribution in [0.4, 0.5) is 5.69 Å². The lowest BCUT2D eigenvalue weighted by molar-refractivity contribution is -0.124. The van der Waals surface area contributed by atoms with E-state index in [-0.39, 0.29) is 17.9 Å². The number of carbonyl (C=O) groups excluding carboxylic acids is 2. The quantitative estimate of drug-likeness (QED) is 0.752. The van der Waals surface area contributed by atoms with Gasteiger partial charge in [0.15, 0.2) is 0 Å². The van der Waals surface area contributed by atoms with Crippen LogP contribution in [0.15, 0.2) is 24.3 Å². The molecule has 1 unspecified atom stereocenters. The molecule has 5 heteroatoms. The molecule has 0 bridgehead atoms. The molecule has 0 saturated carbocycles. The van der Waals surface area contributed by atoms with E-state index < -0.39 is 0 Å². The molecule has 0 radical (unpaired) electrons. The van der Waals surface area contributed by atoms with Gasteiger partial charge >= 0.3 is 0 Å². The average molecular weight is 247 g/mol. The zero-order valence-corrected chi connectivity index (χ0v) is 10.3. The van der Waals surface area contributed by atoms with Crippen LogP contribution in [-0.4, -0.2) is 36.3 Å². The predicted molar refractivity (Wildman–Crippen MR) is 69.0 cm³/mol. The number of hydrogen-bond acceptors (Lipinski definition) is 3. The molecule has 1 aliphatic heterocycles. The Morgan fingerprint density at radius 1 is 1.39 bits per heavy atom. The molecule has 1 saturated heterocycles. The molecule has 1 heterocycles. The molecule has 1 atom stereocenters. The highest BCUT2D eigenvalue weighted by molar-refractivity contribution is 6.01. The number of anilines is 1. The van der Waals surface area contributed by atoms with Crippen LogP contribution >= 0.6 is 0 Å². The first kappa shape index (κ1) is 12.4. The van der Waals surface area contributed by atoms with E-state index in [4.69, 9.17) is 5.73 Å². The van der Waals surface area contributed by atoms with Crippen LogP contribution in [0.5, 0.6) is 0 Å². The van der Waals surface area contributed by atoms with Gasteiger partial charge in [-0.25, -0.2) is 0 Å². The molecular weight excluding hydrogens is 230 g/mol. The van der Waals surface area contributed by atoms with Crippen molar-refractivity contribution < 1.29 is 9.59 Å². The first-order valence-corrected chi connectivity index (χ1v) is 6.02. The fourth-order valence-corrected chi connectivity index (χ4v) is 2.30. The summed E-state index contributed by atoms with van der Waals surface area (Å²) < 4.78 is 0. The van der Waals surface area contributed by atoms with Crippen LogP contribution in [0.2, 0.25) is 0 Å². The van der Waals surface area contributed by atoms with E-state index in [2.05, 4.69) is 5.32 Å². The average Bonchev–Trinajstić information content (AvgIpc) is 2.86. The van der Waals surface area contributed by atoms with Crippen LogP contribution in [-0.2, 0) is 4.79 Å². The number of likely N-dealkylation sites (N-methyl/N-ethyl adjacent to an activating group) is 1. The van der Waals surface area contributed by atoms with Crippen molar-refractivity contribution in [1.82, 2.24) is 10.2 Å². The summed E-state index contributed by atoms with van der Waals surface area (Å²) in [5.74, 6) is -0.283. The minimum Gasteiger partial charge on any atom is -0.398 e. The monoisotopic (exact) mass is 247 g/mol. The van der Waals surface area contributed by atoms with Gasteiger partial charge in [0.2, 0.25) is 5.91 Å². The molecule has 96 valence electrons. The Kier molecular flexibility index (Phi) is 3.50. The largest absolute Gasteiger partial charge is 0.398 e. The van der Waals surface area contributed by atoms with Gasteiger partial charge in [0.25, 0.3) is 5.91 Å². The van der Waals surface area contributed by atoms with Crippen LogP contribution in [0, 0.1) is 0 Å². The Labute approximate surface area is 106 Å². The maximum atomic E-state index is 12.4. The number of para-hydroxylation sites is 1. The normalized spacial score (nSPS) is 18.7. The number of nitrogens with two attached hydrogens (primary N) is 1. The molecular formula is C13H17N3O2. The highest BCUT2D eigenvalue weighted by atomic mass is 16.2. The van der Waals surface area contributed by atoms with Crippen molar-refractivity contribution in [2.45, 2.75) is 18.9 Å². The third kappa shape index (κ3) is 2.16. The van der Waals surface area contributed by atoms with E-state index in [1.165, 1.54) is 0 Å². The number of nitrogens with zero attached hydrogens (tertiary/aromatic N) is 1. The molecule has 0 aromatic heterocycles. The van der Waals surface area contributed by atoms with Crippen LogP contribution in [0.1, 0.15) is 23.2 Å². The lowest BCUT2D eigenvalue weighted by Crippen LogP contribution is -2.45. The molecule has 5 nitrogen and oxygen atoms in total. The van der Waals surface area contributed by atoms with E-state index in [0.29, 0.717) is 24.2 Å². The Balaban J connectivity index is 2.23. The maximum absolute atomic E-state index is 12.4. The van der Waals surface area contributed by atoms with E-state index in [0.717, 1.165) is 6.42 Å².